The van der Waals surface area contributed by atoms with Crippen molar-refractivity contribution in [1.82, 2.24) is 4.90 Å². The van der Waals surface area contributed by atoms with Crippen LogP contribution < -0.4 is 0 Å². The molecule has 0 radical (unpaired) electrons. The van der Waals surface area contributed by atoms with Crippen molar-refractivity contribution in [3.8, 4) is 0 Å². The van der Waals surface area contributed by atoms with Gasteiger partial charge in [0.2, 0.25) is 0 Å². The fourth-order valence-electron chi connectivity index (χ4n) is 2.73. The molecule has 0 unspecified atom stereocenters. The van der Waals surface area contributed by atoms with Crippen molar-refractivity contribution in [2.75, 3.05) is 19.6 Å². The van der Waals surface area contributed by atoms with Crippen molar-refractivity contribution in [2.45, 2.75) is 38.5 Å². The van der Waals surface area contributed by atoms with Gasteiger partial charge in [0.1, 0.15) is 0 Å². The van der Waals surface area contributed by atoms with Gasteiger partial charge in [-0.05, 0) is 38.9 Å². The van der Waals surface area contributed by atoms with E-state index in [2.05, 4.69) is 4.90 Å². The molecule has 1 aromatic carbocycles. The Kier molecular flexibility index (Phi) is 10.6. The minimum Gasteiger partial charge on any atom is -0.478 e. The van der Waals surface area contributed by atoms with E-state index in [-0.39, 0.29) is 5.78 Å². The summed E-state index contributed by atoms with van der Waals surface area (Å²) in [6.07, 6.45) is 8.19. The highest BCUT2D eigenvalue weighted by Gasteiger charge is 2.10. The van der Waals surface area contributed by atoms with Crippen LogP contribution in [0, 0.1) is 0 Å². The lowest BCUT2D eigenvalue weighted by molar-refractivity contribution is -0.134. The molecule has 6 heteroatoms. The van der Waals surface area contributed by atoms with Gasteiger partial charge in [-0.2, -0.15) is 0 Å². The third-order valence-electron chi connectivity index (χ3n) is 4.04. The number of nitrogens with zero attached hydrogens (tertiary/aromatic N) is 1. The maximum Gasteiger partial charge on any atom is 0.328 e. The highest BCUT2D eigenvalue weighted by molar-refractivity contribution is 5.95. The summed E-state index contributed by atoms with van der Waals surface area (Å²) in [5.41, 5.74) is 0.855. The number of ketones is 1. The zero-order chi connectivity index (χ0) is 19.2. The predicted octanol–water partition coefficient (Wildman–Crippen LogP) is 3.24. The number of carbonyl (C=O) groups excluding carboxylic acids is 1. The van der Waals surface area contributed by atoms with Gasteiger partial charge < -0.3 is 15.1 Å². The number of carboxylic acid groups (broad SMARTS) is 2. The second kappa shape index (κ2) is 12.8. The summed E-state index contributed by atoms with van der Waals surface area (Å²) >= 11 is 0. The van der Waals surface area contributed by atoms with Crippen molar-refractivity contribution in [2.24, 2.45) is 0 Å². The molecule has 0 aliphatic carbocycles. The smallest absolute Gasteiger partial charge is 0.328 e. The Balaban J connectivity index is 0.000000359. The summed E-state index contributed by atoms with van der Waals surface area (Å²) in [7, 11) is 0. The molecule has 1 aromatic rings. The van der Waals surface area contributed by atoms with Crippen molar-refractivity contribution < 1.29 is 24.6 Å². The van der Waals surface area contributed by atoms with Gasteiger partial charge in [-0.3, -0.25) is 4.79 Å². The molecule has 6 nitrogen and oxygen atoms in total. The average Bonchev–Trinajstić information content (AvgIpc) is 2.90. The Morgan fingerprint density at radius 1 is 0.885 bits per heavy atom. The SMILES string of the molecule is O=C(CCCN1CCCCCC1)c1ccccc1.O=C(O)/C=C/C(=O)O. The molecular formula is C20H27NO5. The van der Waals surface area contributed by atoms with E-state index in [1.807, 2.05) is 30.3 Å². The molecule has 1 aliphatic rings. The molecule has 0 spiro atoms. The van der Waals surface area contributed by atoms with Crippen molar-refractivity contribution in [1.29, 1.82) is 0 Å². The Labute approximate surface area is 154 Å². The molecule has 2 N–H and O–H groups in total. The van der Waals surface area contributed by atoms with Gasteiger partial charge in [-0.15, -0.1) is 0 Å². The minimum atomic E-state index is -1.26. The molecule has 0 aromatic heterocycles. The van der Waals surface area contributed by atoms with Gasteiger partial charge in [-0.25, -0.2) is 9.59 Å². The fraction of sp³-hybridized carbons (Fsp3) is 0.450. The van der Waals surface area contributed by atoms with E-state index in [0.717, 1.165) is 18.5 Å². The number of aliphatic carboxylic acids is 2. The number of carbonyl (C=O) groups is 3. The van der Waals surface area contributed by atoms with E-state index in [1.165, 1.54) is 38.8 Å². The lowest BCUT2D eigenvalue weighted by atomic mass is 10.1. The molecule has 0 saturated carbocycles. The third kappa shape index (κ3) is 10.4. The molecular weight excluding hydrogens is 334 g/mol. The average molecular weight is 361 g/mol. The Bertz CT molecular complexity index is 573. The van der Waals surface area contributed by atoms with Crippen LogP contribution in [0.5, 0.6) is 0 Å². The molecule has 142 valence electrons. The van der Waals surface area contributed by atoms with Crippen LogP contribution >= 0.6 is 0 Å². The number of benzene rings is 1. The second-order valence-corrected chi connectivity index (χ2v) is 6.16. The number of Topliss-reactive ketones (excluding diaryl/α,β-unsaturated/α-hetero) is 1. The van der Waals surface area contributed by atoms with Crippen molar-refractivity contribution >= 4 is 17.7 Å². The van der Waals surface area contributed by atoms with E-state index < -0.39 is 11.9 Å². The second-order valence-electron chi connectivity index (χ2n) is 6.16. The lowest BCUT2D eigenvalue weighted by Crippen LogP contribution is -2.26. The van der Waals surface area contributed by atoms with E-state index >= 15 is 0 Å². The largest absolute Gasteiger partial charge is 0.478 e. The van der Waals surface area contributed by atoms with Crippen LogP contribution in [0.3, 0.4) is 0 Å². The van der Waals surface area contributed by atoms with Crippen molar-refractivity contribution in [3.63, 3.8) is 0 Å². The molecule has 0 atom stereocenters. The first kappa shape index (κ1) is 21.6. The maximum atomic E-state index is 11.9. The Hall–Kier alpha value is -2.47. The summed E-state index contributed by atoms with van der Waals surface area (Å²) in [5.74, 6) is -2.23. The summed E-state index contributed by atoms with van der Waals surface area (Å²) in [6, 6.07) is 9.64. The normalized spacial score (nSPS) is 14.9. The highest BCUT2D eigenvalue weighted by Crippen LogP contribution is 2.11. The summed E-state index contributed by atoms with van der Waals surface area (Å²) < 4.78 is 0. The van der Waals surface area contributed by atoms with Gasteiger partial charge in [0.05, 0.1) is 0 Å². The van der Waals surface area contributed by atoms with Gasteiger partial charge in [-0.1, -0.05) is 43.2 Å². The first-order chi connectivity index (χ1) is 12.5. The van der Waals surface area contributed by atoms with Gasteiger partial charge in [0, 0.05) is 24.1 Å². The van der Waals surface area contributed by atoms with Crippen LogP contribution in [0.2, 0.25) is 0 Å². The number of hydrogen-bond acceptors (Lipinski definition) is 4. The first-order valence-corrected chi connectivity index (χ1v) is 8.93. The van der Waals surface area contributed by atoms with Gasteiger partial charge in [0.15, 0.2) is 5.78 Å². The molecule has 0 bridgehead atoms. The number of carboxylic acids is 2. The predicted molar refractivity (Wildman–Crippen MR) is 99.3 cm³/mol. The van der Waals surface area contributed by atoms with Crippen LogP contribution in [0.1, 0.15) is 48.9 Å². The molecule has 2 rings (SSSR count). The molecule has 1 heterocycles. The molecule has 1 fully saturated rings. The topological polar surface area (TPSA) is 94.9 Å². The minimum absolute atomic E-state index is 0.283. The number of rotatable bonds is 7. The zero-order valence-corrected chi connectivity index (χ0v) is 15.0. The Morgan fingerprint density at radius 3 is 1.92 bits per heavy atom. The van der Waals surface area contributed by atoms with Crippen LogP contribution in [0.15, 0.2) is 42.5 Å². The number of hydrogen-bond donors (Lipinski definition) is 2. The molecule has 26 heavy (non-hydrogen) atoms. The van der Waals surface area contributed by atoms with Crippen LogP contribution in [0.4, 0.5) is 0 Å². The van der Waals surface area contributed by atoms with E-state index in [1.54, 1.807) is 0 Å². The van der Waals surface area contributed by atoms with Gasteiger partial charge >= 0.3 is 11.9 Å². The first-order valence-electron chi connectivity index (χ1n) is 8.93. The van der Waals surface area contributed by atoms with E-state index in [0.29, 0.717) is 18.6 Å². The zero-order valence-electron chi connectivity index (χ0n) is 15.0. The quantitative estimate of drug-likeness (QED) is 0.572. The Morgan fingerprint density at radius 2 is 1.42 bits per heavy atom. The molecule has 1 aliphatic heterocycles. The van der Waals surface area contributed by atoms with E-state index in [4.69, 9.17) is 10.2 Å². The summed E-state index contributed by atoms with van der Waals surface area (Å²) in [6.45, 7) is 3.53. The van der Waals surface area contributed by atoms with Gasteiger partial charge in [0.25, 0.3) is 0 Å². The van der Waals surface area contributed by atoms with Crippen LogP contribution in [0.25, 0.3) is 0 Å². The lowest BCUT2D eigenvalue weighted by Gasteiger charge is -2.19. The fourth-order valence-corrected chi connectivity index (χ4v) is 2.73. The summed E-state index contributed by atoms with van der Waals surface area (Å²) in [5, 5.41) is 15.6. The number of likely N-dealkylation sites (tertiary alicyclic amines) is 1. The van der Waals surface area contributed by atoms with Crippen LogP contribution in [-0.2, 0) is 9.59 Å². The third-order valence-corrected chi connectivity index (χ3v) is 4.04. The monoisotopic (exact) mass is 361 g/mol. The highest BCUT2D eigenvalue weighted by atomic mass is 16.4. The summed E-state index contributed by atoms with van der Waals surface area (Å²) in [4.78, 5) is 33.6. The van der Waals surface area contributed by atoms with Crippen molar-refractivity contribution in [3.05, 3.63) is 48.0 Å². The maximum absolute atomic E-state index is 11.9. The standard InChI is InChI=1S/C16H23NO.C4H4O4/c18-16(15-9-4-3-5-10-15)11-8-14-17-12-6-1-2-7-13-17;5-3(6)1-2-4(7)8/h3-5,9-10H,1-2,6-8,11-14H2;1-2H,(H,5,6)(H,7,8)/b;2-1+. The molecule has 1 saturated heterocycles. The van der Waals surface area contributed by atoms with Crippen LogP contribution in [-0.4, -0.2) is 52.5 Å². The van der Waals surface area contributed by atoms with E-state index in [9.17, 15) is 14.4 Å². The molecule has 0 amide bonds.